The highest BCUT2D eigenvalue weighted by Gasteiger charge is 2.24. The maximum Gasteiger partial charge on any atom is 0.292 e. The first-order chi connectivity index (χ1) is 21.3. The highest BCUT2D eigenvalue weighted by atomic mass is 35.5. The van der Waals surface area contributed by atoms with Gasteiger partial charge in [0.2, 0.25) is 5.91 Å². The molecule has 230 valence electrons. The lowest BCUT2D eigenvalue weighted by Crippen LogP contribution is -2.31. The van der Waals surface area contributed by atoms with Crippen LogP contribution < -0.4 is 27.0 Å². The normalized spacial score (nSPS) is 18.0. The quantitative estimate of drug-likeness (QED) is 0.186. The van der Waals surface area contributed by atoms with Crippen LogP contribution in [0, 0.1) is 0 Å². The maximum absolute atomic E-state index is 12.8. The van der Waals surface area contributed by atoms with Crippen LogP contribution in [0.1, 0.15) is 49.7 Å². The Balaban J connectivity index is 0.00000104. The second kappa shape index (κ2) is 15.7. The molecule has 8 nitrogen and oxygen atoms in total. The predicted molar refractivity (Wildman–Crippen MR) is 181 cm³/mol. The average Bonchev–Trinajstić information content (AvgIpc) is 3.04. The zero-order valence-corrected chi connectivity index (χ0v) is 26.1. The van der Waals surface area contributed by atoms with E-state index in [4.69, 9.17) is 22.1 Å². The van der Waals surface area contributed by atoms with Crippen LogP contribution in [0.15, 0.2) is 90.9 Å². The van der Waals surface area contributed by atoms with E-state index >= 15 is 0 Å². The molecule has 0 aromatic heterocycles. The van der Waals surface area contributed by atoms with Gasteiger partial charge in [-0.3, -0.25) is 9.59 Å². The minimum absolute atomic E-state index is 0.0525. The summed E-state index contributed by atoms with van der Waals surface area (Å²) in [5, 5.41) is 14.0. The van der Waals surface area contributed by atoms with E-state index in [9.17, 15) is 4.79 Å². The number of hydrogen-bond acceptors (Lipinski definition) is 7. The summed E-state index contributed by atoms with van der Waals surface area (Å²) in [5.74, 6) is 0.299. The molecular weight excluding hydrogens is 574 g/mol. The number of ether oxygens (including phenoxy) is 1. The Morgan fingerprint density at radius 1 is 1.09 bits per heavy atom. The van der Waals surface area contributed by atoms with Crippen molar-refractivity contribution in [3.05, 3.63) is 107 Å². The number of halogens is 1. The molecule has 0 saturated heterocycles. The first kappa shape index (κ1) is 32.2. The van der Waals surface area contributed by atoms with Gasteiger partial charge in [0, 0.05) is 65.0 Å². The van der Waals surface area contributed by atoms with E-state index in [-0.39, 0.29) is 17.9 Å². The molecule has 5 rings (SSSR count). The van der Waals surface area contributed by atoms with Gasteiger partial charge in [-0.15, -0.1) is 0 Å². The van der Waals surface area contributed by atoms with Crippen LogP contribution in [0.4, 0.5) is 17.1 Å². The molecule has 2 aliphatic heterocycles. The third-order valence-electron chi connectivity index (χ3n) is 7.57. The predicted octanol–water partition coefficient (Wildman–Crippen LogP) is 7.24. The number of anilines is 3. The van der Waals surface area contributed by atoms with Crippen molar-refractivity contribution in [2.45, 2.75) is 44.6 Å². The second-order valence-electron chi connectivity index (χ2n) is 10.7. The summed E-state index contributed by atoms with van der Waals surface area (Å²) < 4.78 is 3.86. The van der Waals surface area contributed by atoms with Gasteiger partial charge in [-0.25, -0.2) is 0 Å². The lowest BCUT2D eigenvalue weighted by Gasteiger charge is -2.29. The topological polar surface area (TPSA) is 118 Å². The van der Waals surface area contributed by atoms with Crippen molar-refractivity contribution in [1.82, 2.24) is 5.32 Å². The number of allylic oxidation sites excluding steroid dienone is 3. The fraction of sp³-hybridized carbons (Fsp3) is 0.257. The van der Waals surface area contributed by atoms with Gasteiger partial charge in [-0.1, -0.05) is 60.5 Å². The Morgan fingerprint density at radius 2 is 1.91 bits per heavy atom. The Morgan fingerprint density at radius 3 is 2.61 bits per heavy atom. The van der Waals surface area contributed by atoms with Gasteiger partial charge in [0.05, 0.1) is 18.8 Å². The summed E-state index contributed by atoms with van der Waals surface area (Å²) in [7, 11) is 3.20. The number of benzene rings is 3. The van der Waals surface area contributed by atoms with Crippen LogP contribution in [-0.4, -0.2) is 32.6 Å². The molecule has 0 aliphatic carbocycles. The third-order valence-corrected chi connectivity index (χ3v) is 7.80. The van der Waals surface area contributed by atoms with Gasteiger partial charge in [-0.05, 0) is 66.8 Å². The van der Waals surface area contributed by atoms with E-state index < -0.39 is 0 Å². The van der Waals surface area contributed by atoms with Crippen molar-refractivity contribution in [1.29, 1.82) is 0 Å². The first-order valence-corrected chi connectivity index (χ1v) is 15.0. The summed E-state index contributed by atoms with van der Waals surface area (Å²) in [4.78, 5) is 21.7. The number of hydrogen-bond donors (Lipinski definition) is 5. The molecule has 0 radical (unpaired) electrons. The van der Waals surface area contributed by atoms with E-state index in [1.54, 1.807) is 6.20 Å². The number of amides is 1. The van der Waals surface area contributed by atoms with Crippen LogP contribution in [0.2, 0.25) is 5.02 Å². The summed E-state index contributed by atoms with van der Waals surface area (Å²) >= 11 is 6.37. The Bertz CT molecular complexity index is 1560. The fourth-order valence-electron chi connectivity index (χ4n) is 5.40. The van der Waals surface area contributed by atoms with Crippen LogP contribution in [0.3, 0.4) is 0 Å². The van der Waals surface area contributed by atoms with E-state index in [0.717, 1.165) is 58.6 Å². The molecule has 2 atom stereocenters. The zero-order chi connectivity index (χ0) is 31.5. The molecule has 0 saturated carbocycles. The Hall–Kier alpha value is -4.69. The molecule has 9 heteroatoms. The number of fused-ring (bicyclic) bond motifs is 4. The van der Waals surface area contributed by atoms with Crippen molar-refractivity contribution in [2.24, 2.45) is 5.73 Å². The molecule has 0 fully saturated rings. The van der Waals surface area contributed by atoms with E-state index in [2.05, 4.69) is 74.7 Å². The first-order valence-electron chi connectivity index (χ1n) is 14.6. The van der Waals surface area contributed by atoms with E-state index in [1.807, 2.05) is 44.3 Å². The molecule has 2 bridgehead atoms. The molecule has 0 spiro atoms. The van der Waals surface area contributed by atoms with Crippen molar-refractivity contribution < 1.29 is 14.3 Å². The highest BCUT2D eigenvalue weighted by molar-refractivity contribution is 6.31. The number of nitrogens with one attached hydrogen (secondary N) is 4. The van der Waals surface area contributed by atoms with Gasteiger partial charge in [-0.2, -0.15) is 0 Å². The maximum atomic E-state index is 12.8. The summed E-state index contributed by atoms with van der Waals surface area (Å²) in [6.45, 7) is 2.22. The summed E-state index contributed by atoms with van der Waals surface area (Å²) in [6.07, 6.45) is 11.5. The number of methoxy groups -OCH3 is 1. The largest absolute Gasteiger partial charge is 0.471 e. The summed E-state index contributed by atoms with van der Waals surface area (Å²) in [6, 6.07) is 20.7. The molecule has 3 aromatic rings. The second-order valence-corrected chi connectivity index (χ2v) is 11.2. The number of nitrogens with two attached hydrogens (primary N) is 1. The van der Waals surface area contributed by atoms with Crippen LogP contribution >= 0.6 is 11.6 Å². The molecule has 2 aliphatic rings. The SMILES string of the molecule is CNc1ccc2c(c1)NC(=O)CCCCC(C1C=CC(c3cc(Cl)ccc3N/C=C(/C)N)=CN1)c1cccc-2c1.COC=O. The van der Waals surface area contributed by atoms with Crippen molar-refractivity contribution in [2.75, 3.05) is 30.1 Å². The Labute approximate surface area is 264 Å². The zero-order valence-electron chi connectivity index (χ0n) is 25.3. The lowest BCUT2D eigenvalue weighted by atomic mass is 9.83. The molecule has 6 N–H and O–H groups in total. The Kier molecular flexibility index (Phi) is 11.5. The monoisotopic (exact) mass is 613 g/mol. The van der Waals surface area contributed by atoms with Crippen LogP contribution in [0.25, 0.3) is 16.7 Å². The minimum atomic E-state index is 0.0525. The van der Waals surface area contributed by atoms with Crippen LogP contribution in [-0.2, 0) is 14.3 Å². The average molecular weight is 614 g/mol. The van der Waals surface area contributed by atoms with Crippen molar-refractivity contribution in [3.8, 4) is 11.1 Å². The van der Waals surface area contributed by atoms with Gasteiger partial charge >= 0.3 is 0 Å². The van der Waals surface area contributed by atoms with Crippen LogP contribution in [0.5, 0.6) is 0 Å². The smallest absolute Gasteiger partial charge is 0.292 e. The molecule has 3 aromatic carbocycles. The number of carbonyl (C=O) groups is 2. The van der Waals surface area contributed by atoms with E-state index in [1.165, 1.54) is 12.7 Å². The van der Waals surface area contributed by atoms with Gasteiger partial charge < -0.3 is 31.7 Å². The molecule has 2 heterocycles. The number of rotatable bonds is 6. The fourth-order valence-corrected chi connectivity index (χ4v) is 5.57. The van der Waals surface area contributed by atoms with Crippen molar-refractivity contribution in [3.63, 3.8) is 0 Å². The van der Waals surface area contributed by atoms with Gasteiger partial charge in [0.1, 0.15) is 0 Å². The van der Waals surface area contributed by atoms with E-state index in [0.29, 0.717) is 23.6 Å². The molecule has 1 amide bonds. The number of dihydropyridines is 1. The molecule has 2 unspecified atom stereocenters. The third kappa shape index (κ3) is 8.45. The summed E-state index contributed by atoms with van der Waals surface area (Å²) in [5.41, 5.74) is 14.7. The van der Waals surface area contributed by atoms with Crippen molar-refractivity contribution >= 4 is 46.6 Å². The lowest BCUT2D eigenvalue weighted by molar-refractivity contribution is -0.126. The van der Waals surface area contributed by atoms with Gasteiger partial charge in [0.25, 0.3) is 6.47 Å². The molecular formula is C35H40ClN5O3. The highest BCUT2D eigenvalue weighted by Crippen LogP contribution is 2.37. The number of carbonyl (C=O) groups excluding carboxylic acids is 2. The standard InChI is InChI=1S/C33H36ClN5O.C2H4O2/c1-21(35)19-37-31-15-11-25(34)17-29(31)24-10-14-30(38-20-24)27-8-3-4-9-33(40)39-32-18-26(36-2)12-13-28(32)23-7-5-6-22(27)16-23;1-4-2-3/h5-7,10-20,27,30,36-38H,3-4,8-9,35H2,1-2H3,(H,39,40);2H,1H3/b21-19-;. The minimum Gasteiger partial charge on any atom is -0.471 e. The molecule has 44 heavy (non-hydrogen) atoms. The van der Waals surface area contributed by atoms with Gasteiger partial charge in [0.15, 0.2) is 0 Å².